The van der Waals surface area contributed by atoms with E-state index in [2.05, 4.69) is 28.6 Å². The van der Waals surface area contributed by atoms with Crippen LogP contribution in [0.1, 0.15) is 22.9 Å². The lowest BCUT2D eigenvalue weighted by Gasteiger charge is -2.27. The third kappa shape index (κ3) is 3.28. The van der Waals surface area contributed by atoms with Crippen LogP contribution in [0.15, 0.2) is 48.5 Å². The Labute approximate surface area is 164 Å². The van der Waals surface area contributed by atoms with Crippen LogP contribution in [0.3, 0.4) is 0 Å². The molecule has 1 spiro atoms. The van der Waals surface area contributed by atoms with Crippen LogP contribution in [0.25, 0.3) is 0 Å². The summed E-state index contributed by atoms with van der Waals surface area (Å²) in [5, 5.41) is 3.09. The van der Waals surface area contributed by atoms with Crippen LogP contribution >= 0.6 is 11.3 Å². The quantitative estimate of drug-likeness (QED) is 0.719. The molecule has 4 rings (SSSR count). The van der Waals surface area contributed by atoms with Crippen LogP contribution in [-0.4, -0.2) is 54.0 Å². The Hall–Kier alpha value is -2.18. The van der Waals surface area contributed by atoms with E-state index in [-0.39, 0.29) is 17.2 Å². The molecule has 2 aliphatic rings. The van der Waals surface area contributed by atoms with Crippen LogP contribution < -0.4 is 4.74 Å². The van der Waals surface area contributed by atoms with E-state index in [4.69, 9.17) is 4.74 Å². The van der Waals surface area contributed by atoms with Crippen molar-refractivity contribution >= 4 is 17.2 Å². The van der Waals surface area contributed by atoms with Crippen LogP contribution in [0.2, 0.25) is 0 Å². The van der Waals surface area contributed by atoms with Gasteiger partial charge in [-0.1, -0.05) is 18.2 Å². The highest BCUT2D eigenvalue weighted by Gasteiger charge is 2.57. The van der Waals surface area contributed by atoms with Crippen molar-refractivity contribution in [1.29, 1.82) is 0 Å². The third-order valence-electron chi connectivity index (χ3n) is 5.82. The number of amides is 1. The molecule has 6 heteroatoms. The van der Waals surface area contributed by atoms with E-state index in [1.54, 1.807) is 18.4 Å². The first-order valence-corrected chi connectivity index (χ1v) is 10.2. The molecule has 142 valence electrons. The Morgan fingerprint density at radius 3 is 2.89 bits per heavy atom. The Kier molecular flexibility index (Phi) is 5.02. The SMILES string of the molecule is C=CCN1CC[C@@]2(CN(Cc3ccc(OC)cc3)C[C@@H]2c2nccs2)C1=O. The number of aromatic nitrogens is 1. The van der Waals surface area contributed by atoms with Crippen molar-refractivity contribution in [2.45, 2.75) is 18.9 Å². The smallest absolute Gasteiger partial charge is 0.231 e. The minimum atomic E-state index is -0.354. The van der Waals surface area contributed by atoms with Crippen LogP contribution in [0.4, 0.5) is 0 Å². The molecule has 2 saturated heterocycles. The van der Waals surface area contributed by atoms with Crippen molar-refractivity contribution in [1.82, 2.24) is 14.8 Å². The number of likely N-dealkylation sites (tertiary alicyclic amines) is 2. The molecule has 5 nitrogen and oxygen atoms in total. The molecule has 0 N–H and O–H groups in total. The van der Waals surface area contributed by atoms with Gasteiger partial charge >= 0.3 is 0 Å². The maximum atomic E-state index is 13.3. The highest BCUT2D eigenvalue weighted by atomic mass is 32.1. The molecule has 2 fully saturated rings. The summed E-state index contributed by atoms with van der Waals surface area (Å²) < 4.78 is 5.25. The number of nitrogens with zero attached hydrogens (tertiary/aromatic N) is 3. The molecule has 3 heterocycles. The fraction of sp³-hybridized carbons (Fsp3) is 0.429. The van der Waals surface area contributed by atoms with Gasteiger partial charge in [-0.15, -0.1) is 17.9 Å². The molecular weight excluding hydrogens is 358 g/mol. The predicted octanol–water partition coefficient (Wildman–Crippen LogP) is 3.16. The van der Waals surface area contributed by atoms with Gasteiger partial charge in [0.25, 0.3) is 0 Å². The molecule has 2 atom stereocenters. The monoisotopic (exact) mass is 383 g/mol. The zero-order valence-corrected chi connectivity index (χ0v) is 16.5. The van der Waals surface area contributed by atoms with Gasteiger partial charge in [0.05, 0.1) is 17.5 Å². The van der Waals surface area contributed by atoms with E-state index in [9.17, 15) is 4.79 Å². The van der Waals surface area contributed by atoms with Gasteiger partial charge in [0, 0.05) is 50.2 Å². The molecule has 27 heavy (non-hydrogen) atoms. The molecule has 0 saturated carbocycles. The summed E-state index contributed by atoms with van der Waals surface area (Å²) in [5.41, 5.74) is 0.881. The van der Waals surface area contributed by atoms with E-state index in [0.717, 1.165) is 43.4 Å². The summed E-state index contributed by atoms with van der Waals surface area (Å²) in [6, 6.07) is 8.18. The number of hydrogen-bond acceptors (Lipinski definition) is 5. The molecule has 1 amide bonds. The van der Waals surface area contributed by atoms with Crippen LogP contribution in [0.5, 0.6) is 5.75 Å². The molecule has 0 bridgehead atoms. The molecular formula is C21H25N3O2S. The zero-order valence-electron chi connectivity index (χ0n) is 15.6. The van der Waals surface area contributed by atoms with Crippen LogP contribution in [0, 0.1) is 5.41 Å². The maximum absolute atomic E-state index is 13.3. The van der Waals surface area contributed by atoms with Crippen molar-refractivity contribution in [3.63, 3.8) is 0 Å². The van der Waals surface area contributed by atoms with Gasteiger partial charge in [0.2, 0.25) is 5.91 Å². The van der Waals surface area contributed by atoms with E-state index >= 15 is 0 Å². The van der Waals surface area contributed by atoms with E-state index in [1.807, 2.05) is 34.7 Å². The Morgan fingerprint density at radius 2 is 2.22 bits per heavy atom. The van der Waals surface area contributed by atoms with Gasteiger partial charge in [-0.25, -0.2) is 4.98 Å². The average Bonchev–Trinajstić information content (AvgIpc) is 3.39. The lowest BCUT2D eigenvalue weighted by atomic mass is 9.77. The van der Waals surface area contributed by atoms with Crippen molar-refractivity contribution in [2.75, 3.05) is 33.3 Å². The fourth-order valence-electron chi connectivity index (χ4n) is 4.50. The molecule has 2 aliphatic heterocycles. The lowest BCUT2D eigenvalue weighted by molar-refractivity contribution is -0.135. The summed E-state index contributed by atoms with van der Waals surface area (Å²) in [7, 11) is 1.68. The number of rotatable bonds is 6. The number of hydrogen-bond donors (Lipinski definition) is 0. The number of ether oxygens (including phenoxy) is 1. The van der Waals surface area contributed by atoms with Gasteiger partial charge in [-0.05, 0) is 24.1 Å². The largest absolute Gasteiger partial charge is 0.497 e. The first-order valence-electron chi connectivity index (χ1n) is 9.31. The molecule has 0 radical (unpaired) electrons. The molecule has 0 unspecified atom stereocenters. The third-order valence-corrected chi connectivity index (χ3v) is 6.71. The van der Waals surface area contributed by atoms with Crippen LogP contribution in [-0.2, 0) is 11.3 Å². The second-order valence-corrected chi connectivity index (χ2v) is 8.31. The van der Waals surface area contributed by atoms with E-state index < -0.39 is 0 Å². The summed E-state index contributed by atoms with van der Waals surface area (Å²) >= 11 is 1.67. The van der Waals surface area contributed by atoms with Crippen molar-refractivity contribution in [3.8, 4) is 5.75 Å². The van der Waals surface area contributed by atoms with E-state index in [0.29, 0.717) is 6.54 Å². The number of carbonyl (C=O) groups excluding carboxylic acids is 1. The van der Waals surface area contributed by atoms with Gasteiger partial charge in [-0.2, -0.15) is 0 Å². The number of methoxy groups -OCH3 is 1. The van der Waals surface area contributed by atoms with Gasteiger partial charge < -0.3 is 9.64 Å². The van der Waals surface area contributed by atoms with E-state index in [1.165, 1.54) is 5.56 Å². The maximum Gasteiger partial charge on any atom is 0.231 e. The normalized spacial score (nSPS) is 25.4. The second-order valence-electron chi connectivity index (χ2n) is 7.39. The van der Waals surface area contributed by atoms with Crippen molar-refractivity contribution in [2.24, 2.45) is 5.41 Å². The van der Waals surface area contributed by atoms with Crippen molar-refractivity contribution < 1.29 is 9.53 Å². The minimum absolute atomic E-state index is 0.165. The summed E-state index contributed by atoms with van der Waals surface area (Å²) in [6.45, 7) is 7.73. The summed E-state index contributed by atoms with van der Waals surface area (Å²) in [5.74, 6) is 1.29. The Balaban J connectivity index is 1.58. The number of benzene rings is 1. The highest BCUT2D eigenvalue weighted by Crippen LogP contribution is 2.50. The minimum Gasteiger partial charge on any atom is -0.497 e. The van der Waals surface area contributed by atoms with Crippen molar-refractivity contribution in [3.05, 3.63) is 59.1 Å². The predicted molar refractivity (Wildman–Crippen MR) is 107 cm³/mol. The highest BCUT2D eigenvalue weighted by molar-refractivity contribution is 7.09. The Morgan fingerprint density at radius 1 is 1.41 bits per heavy atom. The second kappa shape index (κ2) is 7.44. The average molecular weight is 384 g/mol. The first-order chi connectivity index (χ1) is 13.2. The van der Waals surface area contributed by atoms with Gasteiger partial charge in [0.1, 0.15) is 5.75 Å². The summed E-state index contributed by atoms with van der Waals surface area (Å²) in [6.07, 6.45) is 4.56. The van der Waals surface area contributed by atoms with Gasteiger partial charge in [-0.3, -0.25) is 9.69 Å². The molecule has 1 aromatic carbocycles. The topological polar surface area (TPSA) is 45.7 Å². The molecule has 0 aliphatic carbocycles. The Bertz CT molecular complexity index is 805. The first kappa shape index (κ1) is 18.2. The molecule has 2 aromatic rings. The number of carbonyl (C=O) groups is 1. The molecule has 1 aromatic heterocycles. The summed E-state index contributed by atoms with van der Waals surface area (Å²) in [4.78, 5) is 22.2. The number of thiazole rings is 1. The lowest BCUT2D eigenvalue weighted by Crippen LogP contribution is -2.39. The van der Waals surface area contributed by atoms with Gasteiger partial charge in [0.15, 0.2) is 0 Å². The fourth-order valence-corrected chi connectivity index (χ4v) is 5.34. The standard InChI is InChI=1S/C21H25N3O2S/c1-3-10-24-11-8-21(20(24)25)15-23(14-18(21)19-22-9-12-27-19)13-16-4-6-17(26-2)7-5-16/h3-7,9,12,18H,1,8,10-11,13-15H2,2H3/t18-,21+/m1/s1. The zero-order chi connectivity index (χ0) is 18.9.